The van der Waals surface area contributed by atoms with Gasteiger partial charge in [-0.05, 0) is 73.9 Å². The number of fused-ring (bicyclic) bond motifs is 1. The first kappa shape index (κ1) is 17.3. The highest BCUT2D eigenvalue weighted by atomic mass is 16.5. The summed E-state index contributed by atoms with van der Waals surface area (Å²) in [5, 5.41) is 0. The number of nitrogens with zero attached hydrogens (tertiary/aromatic N) is 2. The Labute approximate surface area is 160 Å². The number of aromatic nitrogens is 2. The molecule has 0 saturated heterocycles. The molecule has 0 saturated carbocycles. The fourth-order valence-corrected chi connectivity index (χ4v) is 3.81. The molecule has 3 heteroatoms. The van der Waals surface area contributed by atoms with Crippen molar-refractivity contribution in [3.8, 4) is 17.1 Å². The van der Waals surface area contributed by atoms with Crippen LogP contribution in [0.4, 0.5) is 0 Å². The van der Waals surface area contributed by atoms with Crippen LogP contribution < -0.4 is 4.74 Å². The monoisotopic (exact) mass is 356 g/mol. The summed E-state index contributed by atoms with van der Waals surface area (Å²) in [5.74, 6) is 1.84. The fraction of sp³-hybridized carbons (Fsp3) is 0.208. The van der Waals surface area contributed by atoms with Gasteiger partial charge in [0, 0.05) is 5.56 Å². The van der Waals surface area contributed by atoms with Gasteiger partial charge in [0.2, 0.25) is 0 Å². The molecule has 1 aromatic heterocycles. The molecule has 0 spiro atoms. The SMILES string of the molecule is COc1ccc(-c2nc3ccccc3n2Cc2c(C)cc(C)cc2C)cc1. The van der Waals surface area contributed by atoms with Crippen molar-refractivity contribution in [2.45, 2.75) is 27.3 Å². The number of para-hydroxylation sites is 2. The van der Waals surface area contributed by atoms with E-state index in [0.29, 0.717) is 0 Å². The van der Waals surface area contributed by atoms with Crippen molar-refractivity contribution in [2.75, 3.05) is 7.11 Å². The van der Waals surface area contributed by atoms with Gasteiger partial charge in [0.15, 0.2) is 0 Å². The molecule has 0 aliphatic heterocycles. The Hall–Kier alpha value is -3.07. The minimum Gasteiger partial charge on any atom is -0.497 e. The van der Waals surface area contributed by atoms with E-state index in [0.717, 1.165) is 34.7 Å². The minimum absolute atomic E-state index is 0.805. The lowest BCUT2D eigenvalue weighted by molar-refractivity contribution is 0.415. The van der Waals surface area contributed by atoms with E-state index in [9.17, 15) is 0 Å². The van der Waals surface area contributed by atoms with Crippen LogP contribution in [0.1, 0.15) is 22.3 Å². The summed E-state index contributed by atoms with van der Waals surface area (Å²) in [6.45, 7) is 7.35. The van der Waals surface area contributed by atoms with E-state index in [4.69, 9.17) is 9.72 Å². The summed E-state index contributed by atoms with van der Waals surface area (Å²) >= 11 is 0. The molecule has 0 fully saturated rings. The number of hydrogen-bond donors (Lipinski definition) is 0. The van der Waals surface area contributed by atoms with E-state index in [2.05, 4.69) is 67.8 Å². The predicted octanol–water partition coefficient (Wildman–Crippen LogP) is 5.69. The Morgan fingerprint density at radius 3 is 2.22 bits per heavy atom. The molecular weight excluding hydrogens is 332 g/mol. The summed E-state index contributed by atoms with van der Waals surface area (Å²) in [5.41, 5.74) is 8.58. The lowest BCUT2D eigenvalue weighted by Gasteiger charge is -2.15. The molecule has 3 aromatic carbocycles. The first-order chi connectivity index (χ1) is 13.1. The number of benzene rings is 3. The zero-order valence-corrected chi connectivity index (χ0v) is 16.3. The number of imidazole rings is 1. The second kappa shape index (κ2) is 6.92. The maximum Gasteiger partial charge on any atom is 0.141 e. The molecule has 0 aliphatic carbocycles. The molecule has 0 amide bonds. The Bertz CT molecular complexity index is 1080. The zero-order valence-electron chi connectivity index (χ0n) is 16.3. The van der Waals surface area contributed by atoms with Gasteiger partial charge in [-0.25, -0.2) is 4.98 Å². The highest BCUT2D eigenvalue weighted by Crippen LogP contribution is 2.28. The van der Waals surface area contributed by atoms with Gasteiger partial charge in [0.25, 0.3) is 0 Å². The Morgan fingerprint density at radius 2 is 1.56 bits per heavy atom. The molecule has 136 valence electrons. The smallest absolute Gasteiger partial charge is 0.141 e. The second-order valence-electron chi connectivity index (χ2n) is 7.12. The summed E-state index contributed by atoms with van der Waals surface area (Å²) in [4.78, 5) is 4.93. The molecule has 0 N–H and O–H groups in total. The summed E-state index contributed by atoms with van der Waals surface area (Å²) in [6, 6.07) is 21.0. The Morgan fingerprint density at radius 1 is 0.889 bits per heavy atom. The molecule has 4 rings (SSSR count). The first-order valence-electron chi connectivity index (χ1n) is 9.23. The Balaban J connectivity index is 1.88. The molecule has 3 nitrogen and oxygen atoms in total. The molecule has 0 unspecified atom stereocenters. The third-order valence-electron chi connectivity index (χ3n) is 5.16. The number of ether oxygens (including phenoxy) is 1. The number of methoxy groups -OCH3 is 1. The zero-order chi connectivity index (χ0) is 19.0. The van der Waals surface area contributed by atoms with Crippen LogP contribution >= 0.6 is 0 Å². The van der Waals surface area contributed by atoms with Crippen LogP contribution in [-0.4, -0.2) is 16.7 Å². The van der Waals surface area contributed by atoms with Crippen LogP contribution in [0.5, 0.6) is 5.75 Å². The van der Waals surface area contributed by atoms with Crippen molar-refractivity contribution in [2.24, 2.45) is 0 Å². The van der Waals surface area contributed by atoms with Crippen LogP contribution in [0.15, 0.2) is 60.7 Å². The van der Waals surface area contributed by atoms with E-state index in [1.807, 2.05) is 18.2 Å². The van der Waals surface area contributed by atoms with E-state index < -0.39 is 0 Å². The average molecular weight is 356 g/mol. The molecule has 0 bridgehead atoms. The van der Waals surface area contributed by atoms with E-state index in [1.165, 1.54) is 22.3 Å². The minimum atomic E-state index is 0.805. The number of rotatable bonds is 4. The highest BCUT2D eigenvalue weighted by molar-refractivity contribution is 5.81. The predicted molar refractivity (Wildman–Crippen MR) is 111 cm³/mol. The quantitative estimate of drug-likeness (QED) is 0.470. The van der Waals surface area contributed by atoms with Crippen molar-refractivity contribution >= 4 is 11.0 Å². The largest absolute Gasteiger partial charge is 0.497 e. The van der Waals surface area contributed by atoms with Crippen LogP contribution in [0.25, 0.3) is 22.4 Å². The van der Waals surface area contributed by atoms with Gasteiger partial charge in [-0.15, -0.1) is 0 Å². The van der Waals surface area contributed by atoms with Gasteiger partial charge >= 0.3 is 0 Å². The molecular formula is C24H24N2O. The molecule has 1 heterocycles. The molecule has 0 aliphatic rings. The van der Waals surface area contributed by atoms with Crippen LogP contribution in [0, 0.1) is 20.8 Å². The van der Waals surface area contributed by atoms with E-state index in [1.54, 1.807) is 7.11 Å². The van der Waals surface area contributed by atoms with Crippen molar-refractivity contribution in [3.05, 3.63) is 82.9 Å². The van der Waals surface area contributed by atoms with Crippen LogP contribution in [0.3, 0.4) is 0 Å². The lowest BCUT2D eigenvalue weighted by atomic mass is 9.99. The first-order valence-corrected chi connectivity index (χ1v) is 9.23. The lowest BCUT2D eigenvalue weighted by Crippen LogP contribution is -2.06. The highest BCUT2D eigenvalue weighted by Gasteiger charge is 2.15. The van der Waals surface area contributed by atoms with Gasteiger partial charge in [0.1, 0.15) is 11.6 Å². The molecule has 27 heavy (non-hydrogen) atoms. The standard InChI is InChI=1S/C24H24N2O/c1-16-13-17(2)21(18(3)14-16)15-26-23-8-6-5-7-22(23)25-24(26)19-9-11-20(27-4)12-10-19/h5-14H,15H2,1-4H3. The van der Waals surface area contributed by atoms with Crippen molar-refractivity contribution in [1.82, 2.24) is 9.55 Å². The van der Waals surface area contributed by atoms with E-state index in [-0.39, 0.29) is 0 Å². The molecule has 0 atom stereocenters. The molecule has 0 radical (unpaired) electrons. The van der Waals surface area contributed by atoms with E-state index >= 15 is 0 Å². The topological polar surface area (TPSA) is 27.1 Å². The number of hydrogen-bond acceptors (Lipinski definition) is 2. The third-order valence-corrected chi connectivity index (χ3v) is 5.16. The van der Waals surface area contributed by atoms with Gasteiger partial charge in [0.05, 0.1) is 24.7 Å². The van der Waals surface area contributed by atoms with Gasteiger partial charge < -0.3 is 9.30 Å². The van der Waals surface area contributed by atoms with Crippen molar-refractivity contribution in [1.29, 1.82) is 0 Å². The summed E-state index contributed by atoms with van der Waals surface area (Å²) in [7, 11) is 1.69. The summed E-state index contributed by atoms with van der Waals surface area (Å²) < 4.78 is 7.63. The van der Waals surface area contributed by atoms with Gasteiger partial charge in [-0.3, -0.25) is 0 Å². The third kappa shape index (κ3) is 3.21. The number of aryl methyl sites for hydroxylation is 3. The van der Waals surface area contributed by atoms with Gasteiger partial charge in [-0.1, -0.05) is 29.8 Å². The average Bonchev–Trinajstić information content (AvgIpc) is 3.03. The molecule has 4 aromatic rings. The second-order valence-corrected chi connectivity index (χ2v) is 7.12. The van der Waals surface area contributed by atoms with Crippen LogP contribution in [0.2, 0.25) is 0 Å². The maximum atomic E-state index is 5.31. The fourth-order valence-electron chi connectivity index (χ4n) is 3.81. The normalized spacial score (nSPS) is 11.1. The van der Waals surface area contributed by atoms with Crippen LogP contribution in [-0.2, 0) is 6.54 Å². The Kier molecular flexibility index (Phi) is 4.44. The summed E-state index contributed by atoms with van der Waals surface area (Å²) in [6.07, 6.45) is 0. The van der Waals surface area contributed by atoms with Crippen molar-refractivity contribution < 1.29 is 4.74 Å². The van der Waals surface area contributed by atoms with Gasteiger partial charge in [-0.2, -0.15) is 0 Å². The van der Waals surface area contributed by atoms with Crippen molar-refractivity contribution in [3.63, 3.8) is 0 Å². The maximum absolute atomic E-state index is 5.31.